The second kappa shape index (κ2) is 3.57. The maximum Gasteiger partial charge on any atom is 0.159 e. The second-order valence-corrected chi connectivity index (χ2v) is 2.56. The van der Waals surface area contributed by atoms with Crippen molar-refractivity contribution in [1.29, 1.82) is 0 Å². The predicted molar refractivity (Wildman–Crippen MR) is 40.4 cm³/mol. The lowest BCUT2D eigenvalue weighted by atomic mass is 10.5. The molecule has 0 aliphatic carbocycles. The molecule has 0 fully saturated rings. The van der Waals surface area contributed by atoms with Gasteiger partial charge in [-0.05, 0) is 0 Å². The van der Waals surface area contributed by atoms with E-state index in [9.17, 15) is 4.39 Å². The van der Waals surface area contributed by atoms with Gasteiger partial charge in [0.1, 0.15) is 6.67 Å². The van der Waals surface area contributed by atoms with E-state index >= 15 is 0 Å². The average molecular weight is 160 g/mol. The summed E-state index contributed by atoms with van der Waals surface area (Å²) in [6.45, 7) is 0.219. The zero-order chi connectivity index (χ0) is 8.27. The zero-order valence-electron chi connectivity index (χ0n) is 6.83. The first kappa shape index (κ1) is 8.33. The van der Waals surface area contributed by atoms with Crippen LogP contribution in [-0.4, -0.2) is 43.5 Å². The Morgan fingerprint density at radius 3 is 2.73 bits per heavy atom. The SMILES string of the molecule is COC(CF)N1C=CN(C)C1. The Morgan fingerprint density at radius 2 is 2.36 bits per heavy atom. The standard InChI is InChI=1S/C7H13FN2O/c1-9-3-4-10(6-9)7(5-8)11-2/h3-4,7H,5-6H2,1-2H3. The molecule has 0 saturated heterocycles. The van der Waals surface area contributed by atoms with E-state index in [1.165, 1.54) is 7.11 Å². The van der Waals surface area contributed by atoms with Crippen LogP contribution in [0.5, 0.6) is 0 Å². The Balaban J connectivity index is 2.42. The number of alkyl halides is 1. The van der Waals surface area contributed by atoms with Crippen molar-refractivity contribution in [3.05, 3.63) is 12.4 Å². The van der Waals surface area contributed by atoms with E-state index in [1.54, 1.807) is 4.90 Å². The number of hydrogen-bond donors (Lipinski definition) is 0. The van der Waals surface area contributed by atoms with Crippen molar-refractivity contribution < 1.29 is 9.13 Å². The molecule has 1 unspecified atom stereocenters. The Hall–Kier alpha value is -0.770. The Kier molecular flexibility index (Phi) is 2.70. The largest absolute Gasteiger partial charge is 0.362 e. The van der Waals surface area contributed by atoms with Crippen LogP contribution >= 0.6 is 0 Å². The first-order valence-electron chi connectivity index (χ1n) is 3.51. The van der Waals surface area contributed by atoms with Crippen LogP contribution in [0.3, 0.4) is 0 Å². The summed E-state index contributed by atoms with van der Waals surface area (Å²) in [5.41, 5.74) is 0. The van der Waals surface area contributed by atoms with Gasteiger partial charge in [0.05, 0.1) is 6.67 Å². The molecule has 0 bridgehead atoms. The van der Waals surface area contributed by atoms with Gasteiger partial charge in [-0.25, -0.2) is 4.39 Å². The van der Waals surface area contributed by atoms with Crippen molar-refractivity contribution >= 4 is 0 Å². The van der Waals surface area contributed by atoms with Crippen molar-refractivity contribution in [2.75, 3.05) is 27.5 Å². The van der Waals surface area contributed by atoms with E-state index < -0.39 is 12.9 Å². The fourth-order valence-corrected chi connectivity index (χ4v) is 1.03. The fourth-order valence-electron chi connectivity index (χ4n) is 1.03. The Morgan fingerprint density at radius 1 is 1.64 bits per heavy atom. The molecule has 0 amide bonds. The average Bonchev–Trinajstić information content (AvgIpc) is 2.39. The predicted octanol–water partition coefficient (Wildman–Crippen LogP) is 0.605. The maximum atomic E-state index is 12.2. The summed E-state index contributed by atoms with van der Waals surface area (Å²) in [6.07, 6.45) is 3.28. The molecule has 0 radical (unpaired) electrons. The monoisotopic (exact) mass is 160 g/mol. The van der Waals surface area contributed by atoms with E-state index in [-0.39, 0.29) is 0 Å². The molecule has 0 N–H and O–H groups in total. The summed E-state index contributed by atoms with van der Waals surface area (Å²) in [5.74, 6) is 0. The maximum absolute atomic E-state index is 12.2. The molecule has 1 heterocycles. The lowest BCUT2D eigenvalue weighted by Crippen LogP contribution is -2.35. The summed E-state index contributed by atoms with van der Waals surface area (Å²) >= 11 is 0. The van der Waals surface area contributed by atoms with Gasteiger partial charge in [0.15, 0.2) is 6.23 Å². The quantitative estimate of drug-likeness (QED) is 0.601. The molecule has 0 spiro atoms. The van der Waals surface area contributed by atoms with Gasteiger partial charge in [-0.15, -0.1) is 0 Å². The third-order valence-electron chi connectivity index (χ3n) is 1.67. The van der Waals surface area contributed by atoms with Crippen LogP contribution in [0.25, 0.3) is 0 Å². The molecule has 3 nitrogen and oxygen atoms in total. The van der Waals surface area contributed by atoms with Crippen molar-refractivity contribution in [1.82, 2.24) is 9.80 Å². The van der Waals surface area contributed by atoms with Crippen LogP contribution in [0.1, 0.15) is 0 Å². The van der Waals surface area contributed by atoms with E-state index in [0.717, 1.165) is 0 Å². The van der Waals surface area contributed by atoms with Gasteiger partial charge in [-0.2, -0.15) is 0 Å². The van der Waals surface area contributed by atoms with Crippen LogP contribution < -0.4 is 0 Å². The highest BCUT2D eigenvalue weighted by Crippen LogP contribution is 2.09. The molecule has 0 aromatic carbocycles. The van der Waals surface area contributed by atoms with Crippen LogP contribution in [0.15, 0.2) is 12.4 Å². The molecular weight excluding hydrogens is 147 g/mol. The van der Waals surface area contributed by atoms with Crippen LogP contribution in [0, 0.1) is 0 Å². The van der Waals surface area contributed by atoms with Gasteiger partial charge in [0, 0.05) is 26.6 Å². The lowest BCUT2D eigenvalue weighted by Gasteiger charge is -2.24. The molecule has 0 saturated carbocycles. The second-order valence-electron chi connectivity index (χ2n) is 2.56. The molecule has 1 aliphatic heterocycles. The van der Waals surface area contributed by atoms with Crippen LogP contribution in [0.4, 0.5) is 4.39 Å². The van der Waals surface area contributed by atoms with Crippen LogP contribution in [-0.2, 0) is 4.74 Å². The third-order valence-corrected chi connectivity index (χ3v) is 1.67. The zero-order valence-corrected chi connectivity index (χ0v) is 6.83. The molecule has 64 valence electrons. The van der Waals surface area contributed by atoms with Gasteiger partial charge in [0.25, 0.3) is 0 Å². The Labute approximate surface area is 66.0 Å². The van der Waals surface area contributed by atoms with Crippen molar-refractivity contribution in [2.45, 2.75) is 6.23 Å². The molecule has 4 heteroatoms. The number of halogens is 1. The first-order valence-corrected chi connectivity index (χ1v) is 3.51. The summed E-state index contributed by atoms with van der Waals surface area (Å²) in [6, 6.07) is 0. The minimum Gasteiger partial charge on any atom is -0.362 e. The van der Waals surface area contributed by atoms with Crippen molar-refractivity contribution in [3.8, 4) is 0 Å². The minimum atomic E-state index is -0.478. The molecule has 1 aliphatic rings. The number of methoxy groups -OCH3 is 1. The molecule has 1 atom stereocenters. The summed E-state index contributed by atoms with van der Waals surface area (Å²) in [7, 11) is 3.44. The lowest BCUT2D eigenvalue weighted by molar-refractivity contribution is -0.0266. The van der Waals surface area contributed by atoms with E-state index in [2.05, 4.69) is 0 Å². The summed E-state index contributed by atoms with van der Waals surface area (Å²) in [5, 5.41) is 0. The van der Waals surface area contributed by atoms with E-state index in [0.29, 0.717) is 6.67 Å². The molecular formula is C7H13FN2O. The fraction of sp³-hybridized carbons (Fsp3) is 0.714. The van der Waals surface area contributed by atoms with Gasteiger partial charge in [-0.3, -0.25) is 0 Å². The van der Waals surface area contributed by atoms with Gasteiger partial charge >= 0.3 is 0 Å². The Bertz CT molecular complexity index is 147. The van der Waals surface area contributed by atoms with Crippen LogP contribution in [0.2, 0.25) is 0 Å². The molecule has 1 rings (SSSR count). The normalized spacial score (nSPS) is 19.5. The van der Waals surface area contributed by atoms with Gasteiger partial charge in [-0.1, -0.05) is 0 Å². The minimum absolute atomic E-state index is 0.434. The van der Waals surface area contributed by atoms with Gasteiger partial charge < -0.3 is 14.5 Å². The number of hydrogen-bond acceptors (Lipinski definition) is 3. The number of ether oxygens (including phenoxy) is 1. The van der Waals surface area contributed by atoms with Crippen molar-refractivity contribution in [3.63, 3.8) is 0 Å². The highest BCUT2D eigenvalue weighted by molar-refractivity contribution is 4.89. The molecule has 0 aromatic rings. The molecule has 11 heavy (non-hydrogen) atoms. The third kappa shape index (κ3) is 1.83. The van der Waals surface area contributed by atoms with E-state index in [1.807, 2.05) is 24.3 Å². The highest BCUT2D eigenvalue weighted by atomic mass is 19.1. The summed E-state index contributed by atoms with van der Waals surface area (Å²) in [4.78, 5) is 3.77. The van der Waals surface area contributed by atoms with Crippen molar-refractivity contribution in [2.24, 2.45) is 0 Å². The topological polar surface area (TPSA) is 15.7 Å². The molecule has 0 aromatic heterocycles. The van der Waals surface area contributed by atoms with Gasteiger partial charge in [0.2, 0.25) is 0 Å². The van der Waals surface area contributed by atoms with E-state index in [4.69, 9.17) is 4.74 Å². The first-order chi connectivity index (χ1) is 5.27. The number of rotatable bonds is 3. The number of nitrogens with zero attached hydrogens (tertiary/aromatic N) is 2. The summed E-state index contributed by atoms with van der Waals surface area (Å²) < 4.78 is 17.1. The highest BCUT2D eigenvalue weighted by Gasteiger charge is 2.18. The smallest absolute Gasteiger partial charge is 0.159 e.